The molecule has 2 rings (SSSR count). The highest BCUT2D eigenvalue weighted by molar-refractivity contribution is 5.89. The van der Waals surface area contributed by atoms with Gasteiger partial charge in [0.05, 0.1) is 4.92 Å². The number of nitrogens with zero attached hydrogens (tertiary/aromatic N) is 2. The topological polar surface area (TPSA) is 85.1 Å². The van der Waals surface area contributed by atoms with Crippen LogP contribution in [-0.2, 0) is 4.79 Å². The summed E-state index contributed by atoms with van der Waals surface area (Å²) >= 11 is 0. The zero-order valence-corrected chi connectivity index (χ0v) is 11.4. The van der Waals surface area contributed by atoms with Crippen molar-refractivity contribution in [1.29, 1.82) is 0 Å². The van der Waals surface area contributed by atoms with E-state index in [0.717, 1.165) is 12.6 Å². The number of hydrogen-bond donors (Lipinski definition) is 1. The molecule has 1 aromatic rings. The number of carbonyl (C=O) groups is 1. The minimum absolute atomic E-state index is 0.0723. The summed E-state index contributed by atoms with van der Waals surface area (Å²) in [4.78, 5) is 25.6. The van der Waals surface area contributed by atoms with E-state index in [9.17, 15) is 14.9 Å². The number of carbonyl (C=O) groups excluding carboxylic acids is 1. The molecule has 0 saturated heterocycles. The van der Waals surface area contributed by atoms with Crippen molar-refractivity contribution in [3.8, 4) is 0 Å². The van der Waals surface area contributed by atoms with Crippen LogP contribution in [0.25, 0.3) is 0 Å². The molecule has 1 saturated carbocycles. The lowest BCUT2D eigenvalue weighted by Gasteiger charge is -2.20. The van der Waals surface area contributed by atoms with Gasteiger partial charge in [0, 0.05) is 12.5 Å². The van der Waals surface area contributed by atoms with Gasteiger partial charge in [0.25, 0.3) is 5.69 Å². The second kappa shape index (κ2) is 6.98. The SMILES string of the molecule is O=C(CCC1CCCCC1)Nc1ccc([N+](=O)[O-])cn1. The van der Waals surface area contributed by atoms with Crippen LogP contribution in [0.3, 0.4) is 0 Å². The Morgan fingerprint density at radius 2 is 2.10 bits per heavy atom. The second-order valence-electron chi connectivity index (χ2n) is 5.25. The van der Waals surface area contributed by atoms with Crippen molar-refractivity contribution in [2.75, 3.05) is 5.32 Å². The fraction of sp³-hybridized carbons (Fsp3) is 0.571. The van der Waals surface area contributed by atoms with Gasteiger partial charge in [-0.25, -0.2) is 4.98 Å². The summed E-state index contributed by atoms with van der Waals surface area (Å²) in [5.74, 6) is 0.959. The van der Waals surface area contributed by atoms with E-state index < -0.39 is 4.92 Å². The normalized spacial score (nSPS) is 15.8. The standard InChI is InChI=1S/C14H19N3O3/c18-14(9-6-11-4-2-1-3-5-11)16-13-8-7-12(10-15-13)17(19)20/h7-8,10-11H,1-6,9H2,(H,15,16,18). The van der Waals surface area contributed by atoms with Crippen LogP contribution < -0.4 is 5.32 Å². The highest BCUT2D eigenvalue weighted by atomic mass is 16.6. The number of nitro groups is 1. The molecule has 0 radical (unpaired) electrons. The third-order valence-electron chi connectivity index (χ3n) is 3.73. The second-order valence-corrected chi connectivity index (χ2v) is 5.25. The maximum atomic E-state index is 11.8. The predicted octanol–water partition coefficient (Wildman–Crippen LogP) is 3.29. The number of rotatable bonds is 5. The lowest BCUT2D eigenvalue weighted by Crippen LogP contribution is -2.15. The van der Waals surface area contributed by atoms with Gasteiger partial charge in [-0.05, 0) is 18.4 Å². The Kier molecular flexibility index (Phi) is 5.03. The molecule has 1 aromatic heterocycles. The van der Waals surface area contributed by atoms with E-state index >= 15 is 0 Å². The summed E-state index contributed by atoms with van der Waals surface area (Å²) in [5, 5.41) is 13.2. The fourth-order valence-corrected chi connectivity index (χ4v) is 2.58. The van der Waals surface area contributed by atoms with E-state index in [2.05, 4.69) is 10.3 Å². The summed E-state index contributed by atoms with van der Waals surface area (Å²) in [6.07, 6.45) is 8.87. The molecule has 1 fully saturated rings. The number of aromatic nitrogens is 1. The molecule has 0 aliphatic heterocycles. The maximum absolute atomic E-state index is 11.8. The molecule has 0 atom stereocenters. The Balaban J connectivity index is 1.77. The number of hydrogen-bond acceptors (Lipinski definition) is 4. The summed E-state index contributed by atoms with van der Waals surface area (Å²) in [6, 6.07) is 2.79. The average Bonchev–Trinajstić information content (AvgIpc) is 2.47. The minimum Gasteiger partial charge on any atom is -0.311 e. The highest BCUT2D eigenvalue weighted by Gasteiger charge is 2.15. The van der Waals surface area contributed by atoms with E-state index in [1.165, 1.54) is 44.2 Å². The Labute approximate surface area is 117 Å². The van der Waals surface area contributed by atoms with Gasteiger partial charge in [0.1, 0.15) is 12.0 Å². The van der Waals surface area contributed by atoms with Gasteiger partial charge >= 0.3 is 0 Å². The Hall–Kier alpha value is -1.98. The van der Waals surface area contributed by atoms with E-state index in [-0.39, 0.29) is 11.6 Å². The first-order chi connectivity index (χ1) is 9.65. The van der Waals surface area contributed by atoms with E-state index in [4.69, 9.17) is 0 Å². The van der Waals surface area contributed by atoms with Gasteiger partial charge in [0.2, 0.25) is 5.91 Å². The molecule has 1 heterocycles. The molecule has 0 bridgehead atoms. The van der Waals surface area contributed by atoms with Gasteiger partial charge in [-0.3, -0.25) is 14.9 Å². The number of pyridine rings is 1. The first kappa shape index (κ1) is 14.4. The molecule has 1 aliphatic rings. The monoisotopic (exact) mass is 277 g/mol. The van der Waals surface area contributed by atoms with Crippen molar-refractivity contribution >= 4 is 17.4 Å². The van der Waals surface area contributed by atoms with Crippen LogP contribution in [0.5, 0.6) is 0 Å². The Bertz CT molecular complexity index is 467. The molecule has 6 nitrogen and oxygen atoms in total. The van der Waals surface area contributed by atoms with Crippen molar-refractivity contribution in [2.24, 2.45) is 5.92 Å². The number of nitrogens with one attached hydrogen (secondary N) is 1. The summed E-state index contributed by atoms with van der Waals surface area (Å²) in [6.45, 7) is 0. The van der Waals surface area contributed by atoms with Crippen LogP contribution in [-0.4, -0.2) is 15.8 Å². The molecule has 0 aromatic carbocycles. The quantitative estimate of drug-likeness (QED) is 0.661. The summed E-state index contributed by atoms with van der Waals surface area (Å²) < 4.78 is 0. The van der Waals surface area contributed by atoms with E-state index in [1.807, 2.05) is 0 Å². The zero-order valence-electron chi connectivity index (χ0n) is 11.4. The van der Waals surface area contributed by atoms with Crippen LogP contribution in [0.1, 0.15) is 44.9 Å². The summed E-state index contributed by atoms with van der Waals surface area (Å²) in [5.41, 5.74) is -0.0785. The lowest BCUT2D eigenvalue weighted by atomic mass is 9.86. The maximum Gasteiger partial charge on any atom is 0.287 e. The van der Waals surface area contributed by atoms with Crippen molar-refractivity contribution in [3.63, 3.8) is 0 Å². The molecule has 1 N–H and O–H groups in total. The van der Waals surface area contributed by atoms with Crippen molar-refractivity contribution in [3.05, 3.63) is 28.4 Å². The third-order valence-corrected chi connectivity index (χ3v) is 3.73. The van der Waals surface area contributed by atoms with Crippen LogP contribution in [0, 0.1) is 16.0 Å². The first-order valence-electron chi connectivity index (χ1n) is 7.05. The van der Waals surface area contributed by atoms with Crippen molar-refractivity contribution in [2.45, 2.75) is 44.9 Å². The Morgan fingerprint density at radius 1 is 1.35 bits per heavy atom. The molecule has 0 unspecified atom stereocenters. The zero-order chi connectivity index (χ0) is 14.4. The van der Waals surface area contributed by atoms with Gasteiger partial charge in [-0.15, -0.1) is 0 Å². The van der Waals surface area contributed by atoms with Crippen LogP contribution in [0.15, 0.2) is 18.3 Å². The largest absolute Gasteiger partial charge is 0.311 e. The molecular weight excluding hydrogens is 258 g/mol. The lowest BCUT2D eigenvalue weighted by molar-refractivity contribution is -0.385. The Morgan fingerprint density at radius 3 is 2.70 bits per heavy atom. The van der Waals surface area contributed by atoms with Gasteiger partial charge in [-0.2, -0.15) is 0 Å². The summed E-state index contributed by atoms with van der Waals surface area (Å²) in [7, 11) is 0. The third kappa shape index (κ3) is 4.29. The number of anilines is 1. The fourth-order valence-electron chi connectivity index (χ4n) is 2.58. The molecule has 0 spiro atoms. The molecule has 6 heteroatoms. The van der Waals surface area contributed by atoms with Gasteiger partial charge in [0.15, 0.2) is 0 Å². The molecule has 20 heavy (non-hydrogen) atoms. The highest BCUT2D eigenvalue weighted by Crippen LogP contribution is 2.27. The molecule has 108 valence electrons. The van der Waals surface area contributed by atoms with Crippen LogP contribution >= 0.6 is 0 Å². The van der Waals surface area contributed by atoms with Crippen molar-refractivity contribution in [1.82, 2.24) is 4.98 Å². The molecule has 1 aliphatic carbocycles. The van der Waals surface area contributed by atoms with Gasteiger partial charge in [-0.1, -0.05) is 32.1 Å². The molecule has 1 amide bonds. The number of amides is 1. The smallest absolute Gasteiger partial charge is 0.287 e. The first-order valence-corrected chi connectivity index (χ1v) is 7.05. The average molecular weight is 277 g/mol. The predicted molar refractivity (Wildman–Crippen MR) is 75.3 cm³/mol. The molecular formula is C14H19N3O3. The van der Waals surface area contributed by atoms with E-state index in [0.29, 0.717) is 18.2 Å². The van der Waals surface area contributed by atoms with Crippen LogP contribution in [0.2, 0.25) is 0 Å². The van der Waals surface area contributed by atoms with Crippen LogP contribution in [0.4, 0.5) is 11.5 Å². The van der Waals surface area contributed by atoms with Crippen molar-refractivity contribution < 1.29 is 9.72 Å². The minimum atomic E-state index is -0.512. The van der Waals surface area contributed by atoms with E-state index in [1.54, 1.807) is 0 Å². The van der Waals surface area contributed by atoms with Gasteiger partial charge < -0.3 is 5.32 Å².